The van der Waals surface area contributed by atoms with Gasteiger partial charge in [0.2, 0.25) is 0 Å². The molecule has 2 rings (SSSR count). The van der Waals surface area contributed by atoms with E-state index in [0.717, 1.165) is 0 Å². The van der Waals surface area contributed by atoms with Gasteiger partial charge in [-0.3, -0.25) is 0 Å². The Balaban J connectivity index is 2.18. The predicted octanol–water partition coefficient (Wildman–Crippen LogP) is 4.03. The normalized spacial score (nSPS) is 10.3. The average Bonchev–Trinajstić information content (AvgIpc) is 2.43. The maximum atomic E-state index is 10.0. The number of hydrogen-bond donors (Lipinski definition) is 3. The Bertz CT molecular complexity index is 632. The zero-order valence-electron chi connectivity index (χ0n) is 10.7. The third kappa shape index (κ3) is 3.21. The number of aromatic hydroxyl groups is 2. The summed E-state index contributed by atoms with van der Waals surface area (Å²) in [4.78, 5) is 0. The lowest BCUT2D eigenvalue weighted by Gasteiger charge is -2.12. The highest BCUT2D eigenvalue weighted by Crippen LogP contribution is 2.34. The molecule has 0 bridgehead atoms. The first-order valence-electron chi connectivity index (χ1n) is 5.79. The minimum Gasteiger partial charge on any atom is -0.506 e. The summed E-state index contributed by atoms with van der Waals surface area (Å²) in [5.41, 5.74) is 1.31. The molecule has 0 aliphatic heterocycles. The smallest absolute Gasteiger partial charge is 0.162 e. The lowest BCUT2D eigenvalue weighted by Crippen LogP contribution is -2.00. The zero-order chi connectivity index (χ0) is 14.7. The van der Waals surface area contributed by atoms with Gasteiger partial charge < -0.3 is 20.3 Å². The molecule has 2 aromatic rings. The van der Waals surface area contributed by atoms with Gasteiger partial charge in [-0.15, -0.1) is 0 Å². The molecule has 0 saturated heterocycles. The molecule has 0 spiro atoms. The highest BCUT2D eigenvalue weighted by atomic mass is 35.5. The van der Waals surface area contributed by atoms with Crippen LogP contribution in [-0.2, 0) is 6.54 Å². The fourth-order valence-corrected chi connectivity index (χ4v) is 2.14. The Labute approximate surface area is 126 Å². The van der Waals surface area contributed by atoms with Crippen molar-refractivity contribution in [2.75, 3.05) is 12.4 Å². The van der Waals surface area contributed by atoms with Gasteiger partial charge in [0.15, 0.2) is 11.5 Å². The Hall–Kier alpha value is -1.78. The van der Waals surface area contributed by atoms with Gasteiger partial charge in [0.1, 0.15) is 5.75 Å². The fraction of sp³-hybridized carbons (Fsp3) is 0.143. The standard InChI is InChI=1S/C14H13Cl2NO3/c1-20-13-5-9(15)4-8(14(13)19)7-17-10-2-3-12(18)11(16)6-10/h2-6,17-19H,7H2,1H3. The van der Waals surface area contributed by atoms with Gasteiger partial charge in [0.25, 0.3) is 0 Å². The molecular formula is C14H13Cl2NO3. The first kappa shape index (κ1) is 14.6. The monoisotopic (exact) mass is 313 g/mol. The summed E-state index contributed by atoms with van der Waals surface area (Å²) in [7, 11) is 1.46. The average molecular weight is 314 g/mol. The lowest BCUT2D eigenvalue weighted by atomic mass is 10.1. The minimum atomic E-state index is 0.0180. The second-order valence-corrected chi connectivity index (χ2v) is 4.98. The molecule has 3 N–H and O–H groups in total. The number of ether oxygens (including phenoxy) is 1. The molecule has 0 heterocycles. The summed E-state index contributed by atoms with van der Waals surface area (Å²) in [5.74, 6) is 0.372. The number of nitrogens with one attached hydrogen (secondary N) is 1. The van der Waals surface area contributed by atoms with E-state index in [1.165, 1.54) is 19.2 Å². The first-order chi connectivity index (χ1) is 9.51. The number of rotatable bonds is 4. The third-order valence-corrected chi connectivity index (χ3v) is 3.29. The lowest BCUT2D eigenvalue weighted by molar-refractivity contribution is 0.371. The van der Waals surface area contributed by atoms with Crippen LogP contribution < -0.4 is 10.1 Å². The molecule has 0 saturated carbocycles. The van der Waals surface area contributed by atoms with Crippen molar-refractivity contribution in [2.24, 2.45) is 0 Å². The van der Waals surface area contributed by atoms with Crippen molar-refractivity contribution in [3.05, 3.63) is 45.9 Å². The second-order valence-electron chi connectivity index (χ2n) is 4.14. The van der Waals surface area contributed by atoms with Crippen molar-refractivity contribution in [3.63, 3.8) is 0 Å². The van der Waals surface area contributed by atoms with Gasteiger partial charge in [-0.1, -0.05) is 23.2 Å². The summed E-state index contributed by atoms with van der Waals surface area (Å²) in [6, 6.07) is 7.95. The van der Waals surface area contributed by atoms with Crippen LogP contribution in [0, 0.1) is 0 Å². The van der Waals surface area contributed by atoms with Crippen molar-refractivity contribution < 1.29 is 14.9 Å². The van der Waals surface area contributed by atoms with Crippen LogP contribution in [0.5, 0.6) is 17.2 Å². The molecule has 0 unspecified atom stereocenters. The zero-order valence-corrected chi connectivity index (χ0v) is 12.2. The maximum absolute atomic E-state index is 10.0. The van der Waals surface area contributed by atoms with Crippen LogP contribution in [0.25, 0.3) is 0 Å². The van der Waals surface area contributed by atoms with Gasteiger partial charge in [-0.2, -0.15) is 0 Å². The minimum absolute atomic E-state index is 0.0180. The van der Waals surface area contributed by atoms with Crippen LogP contribution in [0.3, 0.4) is 0 Å². The van der Waals surface area contributed by atoms with Crippen molar-refractivity contribution in [2.45, 2.75) is 6.54 Å². The summed E-state index contributed by atoms with van der Waals surface area (Å²) < 4.78 is 5.04. The molecule has 4 nitrogen and oxygen atoms in total. The van der Waals surface area contributed by atoms with Gasteiger partial charge in [0, 0.05) is 28.9 Å². The van der Waals surface area contributed by atoms with E-state index in [1.54, 1.807) is 18.2 Å². The summed E-state index contributed by atoms with van der Waals surface area (Å²) in [5, 5.41) is 23.1. The Morgan fingerprint density at radius 3 is 2.55 bits per heavy atom. The van der Waals surface area contributed by atoms with Crippen LogP contribution in [0.15, 0.2) is 30.3 Å². The SMILES string of the molecule is COc1cc(Cl)cc(CNc2ccc(O)c(Cl)c2)c1O. The molecule has 0 aromatic heterocycles. The molecule has 106 valence electrons. The van der Waals surface area contributed by atoms with Gasteiger partial charge in [-0.05, 0) is 24.3 Å². The van der Waals surface area contributed by atoms with Crippen LogP contribution >= 0.6 is 23.2 Å². The van der Waals surface area contributed by atoms with Crippen LogP contribution in [0.4, 0.5) is 5.69 Å². The van der Waals surface area contributed by atoms with E-state index in [9.17, 15) is 10.2 Å². The molecule has 20 heavy (non-hydrogen) atoms. The van der Waals surface area contributed by atoms with E-state index < -0.39 is 0 Å². The summed E-state index contributed by atoms with van der Waals surface area (Å²) in [6.45, 7) is 0.337. The number of hydrogen-bond acceptors (Lipinski definition) is 4. The topological polar surface area (TPSA) is 61.7 Å². The summed E-state index contributed by atoms with van der Waals surface area (Å²) in [6.07, 6.45) is 0. The van der Waals surface area contributed by atoms with Crippen molar-refractivity contribution in [1.29, 1.82) is 0 Å². The van der Waals surface area contributed by atoms with Gasteiger partial charge in [-0.25, -0.2) is 0 Å². The molecule has 0 aliphatic rings. The summed E-state index contributed by atoms with van der Waals surface area (Å²) >= 11 is 11.8. The van der Waals surface area contributed by atoms with E-state index in [2.05, 4.69) is 5.32 Å². The quantitative estimate of drug-likeness (QED) is 0.746. The van der Waals surface area contributed by atoms with Gasteiger partial charge >= 0.3 is 0 Å². The number of benzene rings is 2. The molecular weight excluding hydrogens is 301 g/mol. The predicted molar refractivity (Wildman–Crippen MR) is 80.1 cm³/mol. The Kier molecular flexibility index (Phi) is 4.47. The first-order valence-corrected chi connectivity index (χ1v) is 6.54. The molecule has 0 aliphatic carbocycles. The van der Waals surface area contributed by atoms with Crippen LogP contribution in [0.1, 0.15) is 5.56 Å². The number of phenols is 2. The van der Waals surface area contributed by atoms with E-state index in [4.69, 9.17) is 27.9 Å². The molecule has 0 radical (unpaired) electrons. The number of methoxy groups -OCH3 is 1. The fourth-order valence-electron chi connectivity index (χ4n) is 1.73. The largest absolute Gasteiger partial charge is 0.506 e. The third-order valence-electron chi connectivity index (χ3n) is 2.77. The molecule has 6 heteroatoms. The van der Waals surface area contributed by atoms with Crippen molar-refractivity contribution in [3.8, 4) is 17.2 Å². The van der Waals surface area contributed by atoms with E-state index in [-0.39, 0.29) is 16.5 Å². The number of halogens is 2. The highest BCUT2D eigenvalue weighted by Gasteiger charge is 2.10. The molecule has 2 aromatic carbocycles. The molecule has 0 fully saturated rings. The molecule has 0 amide bonds. The molecule has 0 atom stereocenters. The number of anilines is 1. The van der Waals surface area contributed by atoms with Crippen molar-refractivity contribution in [1.82, 2.24) is 0 Å². The van der Waals surface area contributed by atoms with E-state index in [0.29, 0.717) is 28.6 Å². The van der Waals surface area contributed by atoms with Gasteiger partial charge in [0.05, 0.1) is 12.1 Å². The van der Waals surface area contributed by atoms with E-state index >= 15 is 0 Å². The second kappa shape index (κ2) is 6.11. The number of phenolic OH excluding ortho intramolecular Hbond substituents is 2. The Morgan fingerprint density at radius 2 is 1.90 bits per heavy atom. The van der Waals surface area contributed by atoms with E-state index in [1.807, 2.05) is 0 Å². The van der Waals surface area contributed by atoms with Crippen LogP contribution in [0.2, 0.25) is 10.0 Å². The Morgan fingerprint density at radius 1 is 1.15 bits per heavy atom. The maximum Gasteiger partial charge on any atom is 0.162 e. The van der Waals surface area contributed by atoms with Crippen LogP contribution in [-0.4, -0.2) is 17.3 Å². The van der Waals surface area contributed by atoms with Crippen molar-refractivity contribution >= 4 is 28.9 Å². The highest BCUT2D eigenvalue weighted by molar-refractivity contribution is 6.32.